The van der Waals surface area contributed by atoms with Crippen molar-refractivity contribution in [3.05, 3.63) is 0 Å². The predicted molar refractivity (Wildman–Crippen MR) is 59.2 cm³/mol. The molecular weight excluding hydrogens is 226 g/mol. The Morgan fingerprint density at radius 1 is 1.64 bits per heavy atom. The maximum atomic E-state index is 10.7. The number of hydrogen-bond acceptors (Lipinski definition) is 4. The van der Waals surface area contributed by atoms with Crippen molar-refractivity contribution in [2.45, 2.75) is 18.6 Å². The molecule has 0 aromatic carbocycles. The lowest BCUT2D eigenvalue weighted by atomic mass is 10.2. The molecule has 0 aromatic rings. The number of halogens is 1. The number of aliphatic hydroxyl groups excluding tert-OH is 1. The van der Waals surface area contributed by atoms with Crippen LogP contribution in [0.15, 0.2) is 0 Å². The number of carboxylic acid groups (broad SMARTS) is 1. The topological polar surface area (TPSA) is 69.6 Å². The Morgan fingerprint density at radius 3 is 2.71 bits per heavy atom. The molecule has 14 heavy (non-hydrogen) atoms. The van der Waals surface area contributed by atoms with Crippen molar-refractivity contribution in [2.24, 2.45) is 0 Å². The zero-order valence-electron chi connectivity index (χ0n) is 8.07. The van der Waals surface area contributed by atoms with E-state index in [-0.39, 0.29) is 12.4 Å². The van der Waals surface area contributed by atoms with Gasteiger partial charge in [0.1, 0.15) is 6.04 Å². The number of aliphatic hydroxyl groups is 1. The van der Waals surface area contributed by atoms with Gasteiger partial charge in [-0.25, -0.2) is 0 Å². The maximum Gasteiger partial charge on any atom is 0.320 e. The van der Waals surface area contributed by atoms with Gasteiger partial charge < -0.3 is 15.5 Å². The van der Waals surface area contributed by atoms with E-state index in [0.29, 0.717) is 6.42 Å². The Kier molecular flexibility index (Phi) is 8.37. The van der Waals surface area contributed by atoms with Gasteiger partial charge in [-0.2, -0.15) is 11.8 Å². The van der Waals surface area contributed by atoms with Gasteiger partial charge in [-0.15, -0.1) is 11.6 Å². The van der Waals surface area contributed by atoms with Crippen molar-refractivity contribution in [2.75, 3.05) is 24.4 Å². The number of nitrogens with one attached hydrogen (secondary N) is 1. The first-order valence-corrected chi connectivity index (χ1v) is 6.23. The van der Waals surface area contributed by atoms with Crippen LogP contribution in [0.25, 0.3) is 0 Å². The van der Waals surface area contributed by atoms with Crippen LogP contribution in [-0.2, 0) is 4.79 Å². The standard InChI is InChI=1S/C8H16ClNO3S/c1-14-3-2-7(8(12)13)10-5-6(11)4-9/h6-7,10-11H,2-5H2,1H3,(H,12,13)/t6?,7-/m0/s1. The fraction of sp³-hybridized carbons (Fsp3) is 0.875. The molecule has 0 amide bonds. The number of carbonyl (C=O) groups is 1. The van der Waals surface area contributed by atoms with Crippen LogP contribution < -0.4 is 5.32 Å². The third-order valence-corrected chi connectivity index (χ3v) is 2.69. The minimum Gasteiger partial charge on any atom is -0.480 e. The van der Waals surface area contributed by atoms with Crippen molar-refractivity contribution in [3.8, 4) is 0 Å². The summed E-state index contributed by atoms with van der Waals surface area (Å²) in [5, 5.41) is 20.7. The lowest BCUT2D eigenvalue weighted by Gasteiger charge is -2.15. The molecular formula is C8H16ClNO3S. The van der Waals surface area contributed by atoms with Gasteiger partial charge in [-0.3, -0.25) is 4.79 Å². The third kappa shape index (κ3) is 6.48. The zero-order valence-corrected chi connectivity index (χ0v) is 9.64. The molecule has 4 nitrogen and oxygen atoms in total. The Balaban J connectivity index is 3.79. The first kappa shape index (κ1) is 14.0. The minimum atomic E-state index is -0.888. The molecule has 0 aliphatic rings. The van der Waals surface area contributed by atoms with E-state index >= 15 is 0 Å². The molecule has 0 bridgehead atoms. The Bertz CT molecular complexity index is 171. The summed E-state index contributed by atoms with van der Waals surface area (Å²) in [5.41, 5.74) is 0. The smallest absolute Gasteiger partial charge is 0.320 e. The molecule has 0 heterocycles. The molecule has 0 saturated heterocycles. The van der Waals surface area contributed by atoms with Crippen LogP contribution in [0, 0.1) is 0 Å². The lowest BCUT2D eigenvalue weighted by molar-refractivity contribution is -0.139. The normalized spacial score (nSPS) is 15.1. The van der Waals surface area contributed by atoms with Crippen molar-refractivity contribution in [3.63, 3.8) is 0 Å². The number of hydrogen-bond donors (Lipinski definition) is 3. The highest BCUT2D eigenvalue weighted by molar-refractivity contribution is 7.98. The average molecular weight is 242 g/mol. The first-order chi connectivity index (χ1) is 6.61. The van der Waals surface area contributed by atoms with Crippen LogP contribution in [0.4, 0.5) is 0 Å². The fourth-order valence-electron chi connectivity index (χ4n) is 0.881. The number of rotatable bonds is 8. The molecule has 2 atom stereocenters. The first-order valence-electron chi connectivity index (χ1n) is 4.31. The van der Waals surface area contributed by atoms with E-state index in [4.69, 9.17) is 21.8 Å². The van der Waals surface area contributed by atoms with Crippen molar-refractivity contribution < 1.29 is 15.0 Å². The Hall–Kier alpha value is 0.0300. The quantitative estimate of drug-likeness (QED) is 0.536. The zero-order chi connectivity index (χ0) is 11.0. The molecule has 6 heteroatoms. The molecule has 3 N–H and O–H groups in total. The molecule has 84 valence electrons. The summed E-state index contributed by atoms with van der Waals surface area (Å²) in [5.74, 6) is 0.00354. The SMILES string of the molecule is CSCC[C@H](NCC(O)CCl)C(=O)O. The molecule has 0 aliphatic carbocycles. The highest BCUT2D eigenvalue weighted by Crippen LogP contribution is 2.01. The molecule has 0 saturated carbocycles. The Labute approximate surface area is 93.0 Å². The van der Waals surface area contributed by atoms with Gasteiger partial charge in [0.05, 0.1) is 6.10 Å². The average Bonchev–Trinajstić information content (AvgIpc) is 2.16. The van der Waals surface area contributed by atoms with E-state index in [2.05, 4.69) is 5.32 Å². The fourth-order valence-corrected chi connectivity index (χ4v) is 1.46. The van der Waals surface area contributed by atoms with Crippen LogP contribution in [0.2, 0.25) is 0 Å². The maximum absolute atomic E-state index is 10.7. The summed E-state index contributed by atoms with van der Waals surface area (Å²) in [6.45, 7) is 0.217. The van der Waals surface area contributed by atoms with Gasteiger partial charge in [0.2, 0.25) is 0 Å². The van der Waals surface area contributed by atoms with E-state index in [1.165, 1.54) is 0 Å². The van der Waals surface area contributed by atoms with Crippen LogP contribution in [-0.4, -0.2) is 52.8 Å². The van der Waals surface area contributed by atoms with Crippen LogP contribution in [0.1, 0.15) is 6.42 Å². The summed E-state index contributed by atoms with van der Waals surface area (Å²) < 4.78 is 0. The minimum absolute atomic E-state index is 0.113. The molecule has 0 aliphatic heterocycles. The monoisotopic (exact) mass is 241 g/mol. The van der Waals surface area contributed by atoms with Crippen molar-refractivity contribution in [1.29, 1.82) is 0 Å². The van der Waals surface area contributed by atoms with Gasteiger partial charge in [0, 0.05) is 12.4 Å². The molecule has 0 spiro atoms. The van der Waals surface area contributed by atoms with E-state index in [1.54, 1.807) is 11.8 Å². The van der Waals surface area contributed by atoms with E-state index in [0.717, 1.165) is 5.75 Å². The summed E-state index contributed by atoms with van der Waals surface area (Å²) in [7, 11) is 0. The largest absolute Gasteiger partial charge is 0.480 e. The summed E-state index contributed by atoms with van der Waals surface area (Å²) in [6.07, 6.45) is 1.78. The van der Waals surface area contributed by atoms with Gasteiger partial charge in [0.25, 0.3) is 0 Å². The highest BCUT2D eigenvalue weighted by Gasteiger charge is 2.16. The lowest BCUT2D eigenvalue weighted by Crippen LogP contribution is -2.41. The third-order valence-electron chi connectivity index (χ3n) is 1.69. The Morgan fingerprint density at radius 2 is 2.29 bits per heavy atom. The van der Waals surface area contributed by atoms with E-state index in [1.807, 2.05) is 6.26 Å². The number of carboxylic acids is 1. The predicted octanol–water partition coefficient (Wildman–Crippen LogP) is 0.382. The number of alkyl halides is 1. The molecule has 1 unspecified atom stereocenters. The second kappa shape index (κ2) is 8.35. The van der Waals surface area contributed by atoms with Gasteiger partial charge >= 0.3 is 5.97 Å². The van der Waals surface area contributed by atoms with Crippen molar-refractivity contribution >= 4 is 29.3 Å². The molecule has 0 fully saturated rings. The summed E-state index contributed by atoms with van der Waals surface area (Å²) >= 11 is 6.97. The number of aliphatic carboxylic acids is 1. The van der Waals surface area contributed by atoms with E-state index < -0.39 is 18.1 Å². The van der Waals surface area contributed by atoms with Crippen LogP contribution in [0.3, 0.4) is 0 Å². The van der Waals surface area contributed by atoms with Gasteiger partial charge in [-0.1, -0.05) is 0 Å². The summed E-state index contributed by atoms with van der Waals surface area (Å²) in [4.78, 5) is 10.7. The summed E-state index contributed by atoms with van der Waals surface area (Å²) in [6, 6.07) is -0.597. The van der Waals surface area contributed by atoms with Crippen LogP contribution >= 0.6 is 23.4 Å². The van der Waals surface area contributed by atoms with Gasteiger partial charge in [-0.05, 0) is 18.4 Å². The van der Waals surface area contributed by atoms with E-state index in [9.17, 15) is 4.79 Å². The van der Waals surface area contributed by atoms with Gasteiger partial charge in [0.15, 0.2) is 0 Å². The van der Waals surface area contributed by atoms with Crippen LogP contribution in [0.5, 0.6) is 0 Å². The molecule has 0 rings (SSSR count). The molecule has 0 aromatic heterocycles. The number of thioether (sulfide) groups is 1. The molecule has 0 radical (unpaired) electrons. The van der Waals surface area contributed by atoms with Crippen molar-refractivity contribution in [1.82, 2.24) is 5.32 Å². The second-order valence-corrected chi connectivity index (χ2v) is 4.18. The second-order valence-electron chi connectivity index (χ2n) is 2.89. The highest BCUT2D eigenvalue weighted by atomic mass is 35.5.